The van der Waals surface area contributed by atoms with E-state index < -0.39 is 5.97 Å². The first-order valence-corrected chi connectivity index (χ1v) is 6.60. The number of hydrogen-bond donors (Lipinski definition) is 2. The molecule has 2 N–H and O–H groups in total. The normalized spacial score (nSPS) is 12.2. The van der Waals surface area contributed by atoms with Crippen molar-refractivity contribution in [3.8, 4) is 11.5 Å². The Labute approximate surface area is 122 Å². The predicted octanol–water partition coefficient (Wildman–Crippen LogP) is 3.03. The molecule has 0 amide bonds. The van der Waals surface area contributed by atoms with Gasteiger partial charge in [-0.1, -0.05) is 6.07 Å². The van der Waals surface area contributed by atoms with Crippen molar-refractivity contribution in [3.05, 3.63) is 53.1 Å². The van der Waals surface area contributed by atoms with Crippen molar-refractivity contribution in [2.45, 2.75) is 13.5 Å². The van der Waals surface area contributed by atoms with Crippen LogP contribution < -0.4 is 14.8 Å². The molecule has 21 heavy (non-hydrogen) atoms. The second-order valence-electron chi connectivity index (χ2n) is 4.88. The number of aryl methyl sites for hydroxylation is 1. The van der Waals surface area contributed by atoms with Crippen LogP contribution in [-0.2, 0) is 6.54 Å². The molecule has 108 valence electrons. The molecule has 0 aliphatic carbocycles. The van der Waals surface area contributed by atoms with Gasteiger partial charge in [0.25, 0.3) is 0 Å². The zero-order chi connectivity index (χ0) is 14.8. The molecule has 0 aromatic heterocycles. The smallest absolute Gasteiger partial charge is 0.335 e. The summed E-state index contributed by atoms with van der Waals surface area (Å²) < 4.78 is 10.6. The fraction of sp³-hybridized carbons (Fsp3) is 0.188. The van der Waals surface area contributed by atoms with Gasteiger partial charge in [0.2, 0.25) is 6.79 Å². The number of carboxylic acids is 1. The van der Waals surface area contributed by atoms with E-state index in [-0.39, 0.29) is 6.79 Å². The standard InChI is InChI=1S/C16H15NO4/c1-10-6-12(16(18)19)3-4-13(10)17-8-11-2-5-14-15(7-11)21-9-20-14/h2-7,17H,8-9H2,1H3,(H,18,19). The molecule has 1 aliphatic rings. The number of ether oxygens (including phenoxy) is 2. The van der Waals surface area contributed by atoms with Crippen LogP contribution >= 0.6 is 0 Å². The Bertz CT molecular complexity index is 697. The maximum atomic E-state index is 10.9. The maximum Gasteiger partial charge on any atom is 0.335 e. The zero-order valence-electron chi connectivity index (χ0n) is 11.6. The van der Waals surface area contributed by atoms with Gasteiger partial charge >= 0.3 is 5.97 Å². The molecule has 0 saturated carbocycles. The number of hydrogen-bond acceptors (Lipinski definition) is 4. The summed E-state index contributed by atoms with van der Waals surface area (Å²) in [5, 5.41) is 12.2. The number of carboxylic acid groups (broad SMARTS) is 1. The van der Waals surface area contributed by atoms with Crippen LogP contribution in [0.4, 0.5) is 5.69 Å². The Balaban J connectivity index is 1.71. The highest BCUT2D eigenvalue weighted by molar-refractivity contribution is 5.88. The van der Waals surface area contributed by atoms with E-state index in [9.17, 15) is 4.79 Å². The lowest BCUT2D eigenvalue weighted by Gasteiger charge is -2.10. The van der Waals surface area contributed by atoms with Crippen LogP contribution in [0.25, 0.3) is 0 Å². The number of fused-ring (bicyclic) bond motifs is 1. The molecule has 0 radical (unpaired) electrons. The summed E-state index contributed by atoms with van der Waals surface area (Å²) in [6, 6.07) is 10.8. The van der Waals surface area contributed by atoms with Gasteiger partial charge in [0.15, 0.2) is 11.5 Å². The molecule has 0 fully saturated rings. The summed E-state index contributed by atoms with van der Waals surface area (Å²) in [5.74, 6) is 0.605. The van der Waals surface area contributed by atoms with E-state index in [1.165, 1.54) is 0 Å². The second-order valence-corrected chi connectivity index (χ2v) is 4.88. The summed E-state index contributed by atoms with van der Waals surface area (Å²) in [4.78, 5) is 10.9. The molecule has 1 aliphatic heterocycles. The highest BCUT2D eigenvalue weighted by atomic mass is 16.7. The number of anilines is 1. The quantitative estimate of drug-likeness (QED) is 0.903. The lowest BCUT2D eigenvalue weighted by Crippen LogP contribution is -2.03. The van der Waals surface area contributed by atoms with Crippen LogP contribution in [0, 0.1) is 6.92 Å². The van der Waals surface area contributed by atoms with Gasteiger partial charge in [-0.15, -0.1) is 0 Å². The Hall–Kier alpha value is -2.69. The van der Waals surface area contributed by atoms with Crippen molar-refractivity contribution in [2.24, 2.45) is 0 Å². The summed E-state index contributed by atoms with van der Waals surface area (Å²) in [7, 11) is 0. The van der Waals surface area contributed by atoms with Gasteiger partial charge in [-0.25, -0.2) is 4.79 Å². The molecule has 0 unspecified atom stereocenters. The first-order chi connectivity index (χ1) is 10.1. The minimum Gasteiger partial charge on any atom is -0.478 e. The van der Waals surface area contributed by atoms with E-state index in [0.29, 0.717) is 12.1 Å². The number of benzene rings is 2. The molecule has 2 aromatic rings. The first kappa shape index (κ1) is 13.3. The molecule has 0 atom stereocenters. The Morgan fingerprint density at radius 2 is 2.00 bits per heavy atom. The molecule has 0 spiro atoms. The van der Waals surface area contributed by atoms with E-state index in [4.69, 9.17) is 14.6 Å². The van der Waals surface area contributed by atoms with Gasteiger partial charge < -0.3 is 19.9 Å². The summed E-state index contributed by atoms with van der Waals surface area (Å²) in [5.41, 5.74) is 3.18. The van der Waals surface area contributed by atoms with Gasteiger partial charge in [-0.05, 0) is 48.4 Å². The minimum absolute atomic E-state index is 0.266. The highest BCUT2D eigenvalue weighted by Gasteiger charge is 2.13. The average molecular weight is 285 g/mol. The van der Waals surface area contributed by atoms with Gasteiger partial charge in [0, 0.05) is 12.2 Å². The van der Waals surface area contributed by atoms with E-state index in [2.05, 4.69) is 5.32 Å². The van der Waals surface area contributed by atoms with E-state index in [1.807, 2.05) is 25.1 Å². The lowest BCUT2D eigenvalue weighted by atomic mass is 10.1. The average Bonchev–Trinajstić information content (AvgIpc) is 2.93. The molecule has 5 heteroatoms. The van der Waals surface area contributed by atoms with Crippen LogP contribution in [0.5, 0.6) is 11.5 Å². The molecule has 0 bridgehead atoms. The van der Waals surface area contributed by atoms with Crippen molar-refractivity contribution in [2.75, 3.05) is 12.1 Å². The minimum atomic E-state index is -0.916. The van der Waals surface area contributed by atoms with Gasteiger partial charge in [-0.3, -0.25) is 0 Å². The number of aromatic carboxylic acids is 1. The van der Waals surface area contributed by atoms with Crippen LogP contribution in [-0.4, -0.2) is 17.9 Å². The molecular weight excluding hydrogens is 270 g/mol. The van der Waals surface area contributed by atoms with E-state index in [0.717, 1.165) is 28.3 Å². The summed E-state index contributed by atoms with van der Waals surface area (Å²) in [6.45, 7) is 2.78. The van der Waals surface area contributed by atoms with Crippen molar-refractivity contribution in [1.29, 1.82) is 0 Å². The predicted molar refractivity (Wildman–Crippen MR) is 78.0 cm³/mol. The SMILES string of the molecule is Cc1cc(C(=O)O)ccc1NCc1ccc2c(c1)OCO2. The third-order valence-corrected chi connectivity index (χ3v) is 3.39. The van der Waals surface area contributed by atoms with E-state index in [1.54, 1.807) is 18.2 Å². The third-order valence-electron chi connectivity index (χ3n) is 3.39. The van der Waals surface area contributed by atoms with Crippen molar-refractivity contribution in [1.82, 2.24) is 0 Å². The summed E-state index contributed by atoms with van der Waals surface area (Å²) >= 11 is 0. The van der Waals surface area contributed by atoms with Crippen LogP contribution in [0.2, 0.25) is 0 Å². The third kappa shape index (κ3) is 2.76. The molecule has 3 rings (SSSR count). The molecule has 2 aromatic carbocycles. The number of carbonyl (C=O) groups is 1. The monoisotopic (exact) mass is 285 g/mol. The van der Waals surface area contributed by atoms with Crippen molar-refractivity contribution < 1.29 is 19.4 Å². The van der Waals surface area contributed by atoms with Crippen molar-refractivity contribution >= 4 is 11.7 Å². The summed E-state index contributed by atoms with van der Waals surface area (Å²) in [6.07, 6.45) is 0. The lowest BCUT2D eigenvalue weighted by molar-refractivity contribution is 0.0697. The topological polar surface area (TPSA) is 67.8 Å². The first-order valence-electron chi connectivity index (χ1n) is 6.60. The molecular formula is C16H15NO4. The van der Waals surface area contributed by atoms with Crippen LogP contribution in [0.1, 0.15) is 21.5 Å². The Kier molecular flexibility index (Phi) is 3.39. The van der Waals surface area contributed by atoms with Crippen molar-refractivity contribution in [3.63, 3.8) is 0 Å². The second kappa shape index (κ2) is 5.36. The van der Waals surface area contributed by atoms with Gasteiger partial charge in [0.05, 0.1) is 5.56 Å². The van der Waals surface area contributed by atoms with Crippen LogP contribution in [0.3, 0.4) is 0 Å². The fourth-order valence-corrected chi connectivity index (χ4v) is 2.24. The molecule has 1 heterocycles. The van der Waals surface area contributed by atoms with Gasteiger partial charge in [0.1, 0.15) is 0 Å². The van der Waals surface area contributed by atoms with Crippen LogP contribution in [0.15, 0.2) is 36.4 Å². The Morgan fingerprint density at radius 3 is 2.76 bits per heavy atom. The zero-order valence-corrected chi connectivity index (χ0v) is 11.6. The Morgan fingerprint density at radius 1 is 1.19 bits per heavy atom. The van der Waals surface area contributed by atoms with E-state index >= 15 is 0 Å². The van der Waals surface area contributed by atoms with Gasteiger partial charge in [-0.2, -0.15) is 0 Å². The number of rotatable bonds is 4. The molecule has 5 nitrogen and oxygen atoms in total. The number of nitrogens with one attached hydrogen (secondary N) is 1. The highest BCUT2D eigenvalue weighted by Crippen LogP contribution is 2.32. The fourth-order valence-electron chi connectivity index (χ4n) is 2.24. The maximum absolute atomic E-state index is 10.9. The largest absolute Gasteiger partial charge is 0.478 e. The molecule has 0 saturated heterocycles.